The summed E-state index contributed by atoms with van der Waals surface area (Å²) < 4.78 is 0. The van der Waals surface area contributed by atoms with Crippen LogP contribution >= 0.6 is 0 Å². The second-order valence-corrected chi connectivity index (χ2v) is 8.92. The summed E-state index contributed by atoms with van der Waals surface area (Å²) in [4.78, 5) is 5.38. The van der Waals surface area contributed by atoms with Crippen molar-refractivity contribution in [3.8, 4) is 0 Å². The SMILES string of the molecule is CC(C)CN1CCC(CN)(N2CCC(C(C)(C)C)C2)CC1. The van der Waals surface area contributed by atoms with Crippen LogP contribution in [-0.4, -0.2) is 54.6 Å². The molecule has 1 unspecified atom stereocenters. The van der Waals surface area contributed by atoms with Gasteiger partial charge >= 0.3 is 0 Å². The molecule has 0 saturated carbocycles. The van der Waals surface area contributed by atoms with Gasteiger partial charge in [-0.05, 0) is 56.1 Å². The maximum Gasteiger partial charge on any atom is 0.0356 e. The first-order chi connectivity index (χ1) is 9.77. The van der Waals surface area contributed by atoms with Gasteiger partial charge in [-0.1, -0.05) is 34.6 Å². The van der Waals surface area contributed by atoms with Gasteiger partial charge in [-0.25, -0.2) is 0 Å². The number of hydrogen-bond acceptors (Lipinski definition) is 3. The van der Waals surface area contributed by atoms with E-state index < -0.39 is 0 Å². The van der Waals surface area contributed by atoms with Crippen LogP contribution < -0.4 is 5.73 Å². The summed E-state index contributed by atoms with van der Waals surface area (Å²) >= 11 is 0. The molecule has 2 aliphatic heterocycles. The highest BCUT2D eigenvalue weighted by Gasteiger charge is 2.43. The molecule has 3 nitrogen and oxygen atoms in total. The molecule has 3 heteroatoms. The van der Waals surface area contributed by atoms with Crippen molar-refractivity contribution in [1.29, 1.82) is 0 Å². The topological polar surface area (TPSA) is 32.5 Å². The zero-order chi connectivity index (χ0) is 15.7. The van der Waals surface area contributed by atoms with Gasteiger partial charge in [0.25, 0.3) is 0 Å². The van der Waals surface area contributed by atoms with Crippen molar-refractivity contribution >= 4 is 0 Å². The molecule has 21 heavy (non-hydrogen) atoms. The molecule has 124 valence electrons. The summed E-state index contributed by atoms with van der Waals surface area (Å²) in [5.74, 6) is 1.60. The van der Waals surface area contributed by atoms with Crippen LogP contribution in [0.3, 0.4) is 0 Å². The van der Waals surface area contributed by atoms with Crippen molar-refractivity contribution in [3.05, 3.63) is 0 Å². The van der Waals surface area contributed by atoms with Gasteiger partial charge in [0.2, 0.25) is 0 Å². The van der Waals surface area contributed by atoms with Crippen LogP contribution in [0.5, 0.6) is 0 Å². The number of nitrogens with two attached hydrogens (primary N) is 1. The molecular formula is C18H37N3. The third-order valence-corrected chi connectivity index (χ3v) is 5.87. The Morgan fingerprint density at radius 2 is 1.76 bits per heavy atom. The molecule has 2 saturated heterocycles. The van der Waals surface area contributed by atoms with E-state index in [4.69, 9.17) is 5.73 Å². The lowest BCUT2D eigenvalue weighted by atomic mass is 9.80. The minimum absolute atomic E-state index is 0.285. The van der Waals surface area contributed by atoms with Crippen molar-refractivity contribution in [2.24, 2.45) is 23.0 Å². The number of likely N-dealkylation sites (tertiary alicyclic amines) is 2. The molecule has 0 aromatic carbocycles. The first-order valence-corrected chi connectivity index (χ1v) is 8.94. The van der Waals surface area contributed by atoms with Crippen LogP contribution in [0.1, 0.15) is 53.9 Å². The summed E-state index contributed by atoms with van der Waals surface area (Å²) in [6, 6.07) is 0. The summed E-state index contributed by atoms with van der Waals surface area (Å²) in [6.45, 7) is 18.8. The fraction of sp³-hybridized carbons (Fsp3) is 1.00. The van der Waals surface area contributed by atoms with E-state index >= 15 is 0 Å². The third kappa shape index (κ3) is 4.00. The zero-order valence-corrected chi connectivity index (χ0v) is 15.0. The van der Waals surface area contributed by atoms with E-state index in [1.165, 1.54) is 52.0 Å². The first kappa shape index (κ1) is 17.2. The minimum atomic E-state index is 0.285. The van der Waals surface area contributed by atoms with E-state index in [9.17, 15) is 0 Å². The first-order valence-electron chi connectivity index (χ1n) is 8.94. The van der Waals surface area contributed by atoms with E-state index in [1.807, 2.05) is 0 Å². The number of nitrogens with zero attached hydrogens (tertiary/aromatic N) is 2. The highest BCUT2D eigenvalue weighted by molar-refractivity contribution is 5.00. The van der Waals surface area contributed by atoms with Crippen LogP contribution in [0, 0.1) is 17.3 Å². The quantitative estimate of drug-likeness (QED) is 0.865. The molecule has 2 aliphatic rings. The molecule has 0 radical (unpaired) electrons. The van der Waals surface area contributed by atoms with Gasteiger partial charge in [-0.2, -0.15) is 0 Å². The largest absolute Gasteiger partial charge is 0.329 e. The monoisotopic (exact) mass is 295 g/mol. The van der Waals surface area contributed by atoms with E-state index in [2.05, 4.69) is 44.4 Å². The Balaban J connectivity index is 1.95. The van der Waals surface area contributed by atoms with Crippen LogP contribution in [0.25, 0.3) is 0 Å². The molecule has 0 spiro atoms. The Bertz CT molecular complexity index is 324. The average molecular weight is 296 g/mol. The second kappa shape index (κ2) is 6.55. The van der Waals surface area contributed by atoms with Crippen molar-refractivity contribution < 1.29 is 0 Å². The van der Waals surface area contributed by atoms with Crippen LogP contribution in [-0.2, 0) is 0 Å². The molecule has 2 rings (SSSR count). The Morgan fingerprint density at radius 1 is 1.14 bits per heavy atom. The van der Waals surface area contributed by atoms with Crippen molar-refractivity contribution in [1.82, 2.24) is 9.80 Å². The second-order valence-electron chi connectivity index (χ2n) is 8.92. The Labute approximate surface area is 132 Å². The lowest BCUT2D eigenvalue weighted by Gasteiger charge is -2.47. The molecular weight excluding hydrogens is 258 g/mol. The van der Waals surface area contributed by atoms with E-state index in [0.717, 1.165) is 18.4 Å². The van der Waals surface area contributed by atoms with Crippen molar-refractivity contribution in [2.45, 2.75) is 59.4 Å². The molecule has 2 N–H and O–H groups in total. The van der Waals surface area contributed by atoms with Gasteiger partial charge in [0, 0.05) is 25.2 Å². The molecule has 0 bridgehead atoms. The fourth-order valence-corrected chi connectivity index (χ4v) is 4.22. The fourth-order valence-electron chi connectivity index (χ4n) is 4.22. The number of rotatable bonds is 4. The number of piperidine rings is 1. The Hall–Kier alpha value is -0.120. The predicted molar refractivity (Wildman–Crippen MR) is 91.4 cm³/mol. The Morgan fingerprint density at radius 3 is 2.19 bits per heavy atom. The highest BCUT2D eigenvalue weighted by atomic mass is 15.3. The van der Waals surface area contributed by atoms with E-state index in [-0.39, 0.29) is 5.54 Å². The average Bonchev–Trinajstić information content (AvgIpc) is 2.89. The summed E-state index contributed by atoms with van der Waals surface area (Å²) in [7, 11) is 0. The predicted octanol–water partition coefficient (Wildman–Crippen LogP) is 2.80. The molecule has 0 amide bonds. The third-order valence-electron chi connectivity index (χ3n) is 5.87. The van der Waals surface area contributed by atoms with Gasteiger partial charge in [-0.15, -0.1) is 0 Å². The molecule has 0 aromatic rings. The lowest BCUT2D eigenvalue weighted by Crippen LogP contribution is -2.59. The lowest BCUT2D eigenvalue weighted by molar-refractivity contribution is 0.0333. The van der Waals surface area contributed by atoms with Gasteiger partial charge in [0.05, 0.1) is 0 Å². The van der Waals surface area contributed by atoms with Crippen molar-refractivity contribution in [3.63, 3.8) is 0 Å². The molecule has 0 aliphatic carbocycles. The summed E-state index contributed by atoms with van der Waals surface area (Å²) in [5, 5.41) is 0. The van der Waals surface area contributed by atoms with Crippen LogP contribution in [0.2, 0.25) is 0 Å². The van der Waals surface area contributed by atoms with Gasteiger partial charge in [0.1, 0.15) is 0 Å². The molecule has 0 aromatic heterocycles. The molecule has 1 atom stereocenters. The highest BCUT2D eigenvalue weighted by Crippen LogP contribution is 2.39. The van der Waals surface area contributed by atoms with E-state index in [1.54, 1.807) is 0 Å². The Kier molecular flexibility index (Phi) is 5.38. The normalized spacial score (nSPS) is 28.4. The standard InChI is InChI=1S/C18H37N3/c1-15(2)12-20-10-7-18(14-19,8-11-20)21-9-6-16(13-21)17(3,4)5/h15-16H,6-14,19H2,1-5H3. The van der Waals surface area contributed by atoms with Gasteiger partial charge in [0.15, 0.2) is 0 Å². The number of hydrogen-bond donors (Lipinski definition) is 1. The van der Waals surface area contributed by atoms with Crippen molar-refractivity contribution in [2.75, 3.05) is 39.3 Å². The zero-order valence-electron chi connectivity index (χ0n) is 15.0. The van der Waals surface area contributed by atoms with Gasteiger partial charge < -0.3 is 10.6 Å². The smallest absolute Gasteiger partial charge is 0.0356 e. The maximum absolute atomic E-state index is 6.26. The van der Waals surface area contributed by atoms with Gasteiger partial charge in [-0.3, -0.25) is 4.90 Å². The minimum Gasteiger partial charge on any atom is -0.329 e. The maximum atomic E-state index is 6.26. The van der Waals surface area contributed by atoms with Crippen LogP contribution in [0.4, 0.5) is 0 Å². The van der Waals surface area contributed by atoms with Crippen LogP contribution in [0.15, 0.2) is 0 Å². The molecule has 2 fully saturated rings. The summed E-state index contributed by atoms with van der Waals surface area (Å²) in [6.07, 6.45) is 3.86. The van der Waals surface area contributed by atoms with E-state index in [0.29, 0.717) is 5.41 Å². The summed E-state index contributed by atoms with van der Waals surface area (Å²) in [5.41, 5.74) is 6.98. The molecule has 2 heterocycles.